The largest absolute Gasteiger partial charge is 0.493 e. The molecule has 0 bridgehead atoms. The van der Waals surface area contributed by atoms with Gasteiger partial charge in [-0.05, 0) is 82.4 Å². The molecule has 0 aliphatic heterocycles. The Labute approximate surface area is 211 Å². The van der Waals surface area contributed by atoms with Gasteiger partial charge in [0.25, 0.3) is 11.6 Å². The number of halogens is 1. The highest BCUT2D eigenvalue weighted by Crippen LogP contribution is 2.38. The smallest absolute Gasteiger partial charge is 0.269 e. The summed E-state index contributed by atoms with van der Waals surface area (Å²) in [6.45, 7) is 4.00. The molecule has 3 aromatic rings. The first kappa shape index (κ1) is 25.5. The number of nitro groups is 1. The number of carbonyl (C=O) groups excluding carboxylic acids is 1. The van der Waals surface area contributed by atoms with E-state index in [-0.39, 0.29) is 17.9 Å². The Morgan fingerprint density at radius 1 is 1.17 bits per heavy atom. The fourth-order valence-electron chi connectivity index (χ4n) is 3.21. The Hall–Kier alpha value is -4.16. The van der Waals surface area contributed by atoms with Crippen LogP contribution in [0.4, 0.5) is 11.4 Å². The predicted molar refractivity (Wildman–Crippen MR) is 136 cm³/mol. The molecule has 0 saturated carbocycles. The van der Waals surface area contributed by atoms with Crippen LogP contribution in [-0.2, 0) is 11.4 Å². The minimum atomic E-state index is -0.531. The van der Waals surface area contributed by atoms with Crippen LogP contribution in [0.2, 0.25) is 0 Å². The van der Waals surface area contributed by atoms with Crippen molar-refractivity contribution in [1.82, 2.24) is 0 Å². The number of amides is 1. The molecule has 1 amide bonds. The van der Waals surface area contributed by atoms with Gasteiger partial charge in [0.1, 0.15) is 18.2 Å². The number of methoxy groups -OCH3 is 1. The monoisotopic (exact) mass is 535 g/mol. The van der Waals surface area contributed by atoms with E-state index in [2.05, 4.69) is 21.2 Å². The zero-order chi connectivity index (χ0) is 25.5. The second-order valence-electron chi connectivity index (χ2n) is 7.67. The molecule has 0 aliphatic carbocycles. The third-order valence-corrected chi connectivity index (χ3v) is 5.79. The molecule has 178 valence electrons. The van der Waals surface area contributed by atoms with Crippen LogP contribution in [0, 0.1) is 35.3 Å². The lowest BCUT2D eigenvalue weighted by molar-refractivity contribution is -0.384. The summed E-state index contributed by atoms with van der Waals surface area (Å²) in [4.78, 5) is 23.2. The molecule has 0 aromatic heterocycles. The lowest BCUT2D eigenvalue weighted by Gasteiger charge is -2.14. The van der Waals surface area contributed by atoms with E-state index < -0.39 is 10.8 Å². The molecule has 9 heteroatoms. The van der Waals surface area contributed by atoms with E-state index in [1.165, 1.54) is 25.3 Å². The van der Waals surface area contributed by atoms with Gasteiger partial charge in [-0.2, -0.15) is 5.26 Å². The summed E-state index contributed by atoms with van der Waals surface area (Å²) in [6, 6.07) is 16.9. The van der Waals surface area contributed by atoms with Gasteiger partial charge in [0.05, 0.1) is 16.5 Å². The second-order valence-corrected chi connectivity index (χ2v) is 8.53. The maximum Gasteiger partial charge on any atom is 0.269 e. The molecule has 3 aromatic carbocycles. The third-order valence-electron chi connectivity index (χ3n) is 5.20. The number of nitro benzene ring substituents is 1. The second kappa shape index (κ2) is 11.3. The minimum Gasteiger partial charge on any atom is -0.493 e. The van der Waals surface area contributed by atoms with Crippen LogP contribution in [-0.4, -0.2) is 17.9 Å². The summed E-state index contributed by atoms with van der Waals surface area (Å²) >= 11 is 3.44. The Morgan fingerprint density at radius 2 is 1.94 bits per heavy atom. The highest BCUT2D eigenvalue weighted by Gasteiger charge is 2.15. The van der Waals surface area contributed by atoms with Crippen LogP contribution in [0.1, 0.15) is 22.3 Å². The standard InChI is InChI=1S/C26H22BrN3O5/c1-16-7-8-21(9-17(16)2)29-26(31)20(14-28)10-19-12-23(27)25(24(13-19)34-3)35-15-18-5-4-6-22(11-18)30(32)33/h4-13H,15H2,1-3H3,(H,29,31)/b20-10+. The number of nitrogens with one attached hydrogen (secondary N) is 1. The summed E-state index contributed by atoms with van der Waals surface area (Å²) in [7, 11) is 1.47. The molecule has 1 N–H and O–H groups in total. The summed E-state index contributed by atoms with van der Waals surface area (Å²) in [6.07, 6.45) is 1.45. The van der Waals surface area contributed by atoms with Crippen molar-refractivity contribution < 1.29 is 19.2 Å². The van der Waals surface area contributed by atoms with Crippen molar-refractivity contribution >= 4 is 39.3 Å². The number of ether oxygens (including phenoxy) is 2. The molecule has 0 unspecified atom stereocenters. The Balaban J connectivity index is 1.82. The van der Waals surface area contributed by atoms with Gasteiger partial charge in [0.2, 0.25) is 0 Å². The molecule has 35 heavy (non-hydrogen) atoms. The van der Waals surface area contributed by atoms with E-state index >= 15 is 0 Å². The van der Waals surface area contributed by atoms with Crippen LogP contribution in [0.3, 0.4) is 0 Å². The summed E-state index contributed by atoms with van der Waals surface area (Å²) in [5, 5.41) is 23.3. The van der Waals surface area contributed by atoms with Gasteiger partial charge in [-0.25, -0.2) is 0 Å². The van der Waals surface area contributed by atoms with Crippen LogP contribution >= 0.6 is 15.9 Å². The van der Waals surface area contributed by atoms with E-state index in [9.17, 15) is 20.2 Å². The SMILES string of the molecule is COc1cc(/C=C(\C#N)C(=O)Nc2ccc(C)c(C)c2)cc(Br)c1OCc1cccc([N+](=O)[O-])c1. The van der Waals surface area contributed by atoms with Gasteiger partial charge in [0.15, 0.2) is 11.5 Å². The number of rotatable bonds is 8. The fourth-order valence-corrected chi connectivity index (χ4v) is 3.79. The minimum absolute atomic E-state index is 0.0271. The van der Waals surface area contributed by atoms with Crippen molar-refractivity contribution in [2.24, 2.45) is 0 Å². The van der Waals surface area contributed by atoms with Crippen LogP contribution in [0.15, 0.2) is 64.6 Å². The van der Waals surface area contributed by atoms with Crippen molar-refractivity contribution in [3.8, 4) is 17.6 Å². The van der Waals surface area contributed by atoms with Crippen molar-refractivity contribution in [3.05, 3.63) is 97.0 Å². The van der Waals surface area contributed by atoms with Gasteiger partial charge in [0, 0.05) is 17.8 Å². The average Bonchev–Trinajstić information content (AvgIpc) is 2.83. The van der Waals surface area contributed by atoms with Gasteiger partial charge < -0.3 is 14.8 Å². The summed E-state index contributed by atoms with van der Waals surface area (Å²) < 4.78 is 11.8. The van der Waals surface area contributed by atoms with Crippen molar-refractivity contribution in [2.45, 2.75) is 20.5 Å². The Morgan fingerprint density at radius 3 is 2.60 bits per heavy atom. The number of anilines is 1. The molecular weight excluding hydrogens is 514 g/mol. The zero-order valence-electron chi connectivity index (χ0n) is 19.3. The van der Waals surface area contributed by atoms with E-state index in [1.807, 2.05) is 32.0 Å². The molecule has 0 spiro atoms. The van der Waals surface area contributed by atoms with E-state index in [4.69, 9.17) is 9.47 Å². The fraction of sp³-hybridized carbons (Fsp3) is 0.154. The zero-order valence-corrected chi connectivity index (χ0v) is 20.9. The number of aryl methyl sites for hydroxylation is 2. The van der Waals surface area contributed by atoms with Crippen LogP contribution < -0.4 is 14.8 Å². The first-order chi connectivity index (χ1) is 16.7. The third kappa shape index (κ3) is 6.46. The van der Waals surface area contributed by atoms with Crippen molar-refractivity contribution in [3.63, 3.8) is 0 Å². The molecule has 0 fully saturated rings. The maximum atomic E-state index is 12.7. The lowest BCUT2D eigenvalue weighted by Crippen LogP contribution is -2.13. The molecule has 0 radical (unpaired) electrons. The van der Waals surface area contributed by atoms with E-state index in [1.54, 1.807) is 30.3 Å². The molecular formula is C26H22BrN3O5. The topological polar surface area (TPSA) is 114 Å². The Bertz CT molecular complexity index is 1360. The highest BCUT2D eigenvalue weighted by atomic mass is 79.9. The molecule has 0 atom stereocenters. The van der Waals surface area contributed by atoms with E-state index in [0.29, 0.717) is 32.8 Å². The number of nitrogens with zero attached hydrogens (tertiary/aromatic N) is 2. The predicted octanol–water partition coefficient (Wildman–Crippen LogP) is 6.11. The Kier molecular flexibility index (Phi) is 8.23. The number of carbonyl (C=O) groups is 1. The van der Waals surface area contributed by atoms with E-state index in [0.717, 1.165) is 11.1 Å². The van der Waals surface area contributed by atoms with Crippen LogP contribution in [0.25, 0.3) is 6.08 Å². The number of benzene rings is 3. The number of non-ortho nitro benzene ring substituents is 1. The maximum absolute atomic E-state index is 12.7. The summed E-state index contributed by atoms with van der Waals surface area (Å²) in [5.41, 5.74) is 3.78. The molecule has 8 nitrogen and oxygen atoms in total. The first-order valence-corrected chi connectivity index (χ1v) is 11.2. The van der Waals surface area contributed by atoms with Gasteiger partial charge in [-0.15, -0.1) is 0 Å². The average molecular weight is 536 g/mol. The molecule has 0 aliphatic rings. The van der Waals surface area contributed by atoms with Crippen molar-refractivity contribution in [2.75, 3.05) is 12.4 Å². The van der Waals surface area contributed by atoms with Gasteiger partial charge in [-0.3, -0.25) is 14.9 Å². The van der Waals surface area contributed by atoms with Gasteiger partial charge >= 0.3 is 0 Å². The molecule has 0 saturated heterocycles. The normalized spacial score (nSPS) is 10.9. The number of hydrogen-bond donors (Lipinski definition) is 1. The molecule has 0 heterocycles. The highest BCUT2D eigenvalue weighted by molar-refractivity contribution is 9.10. The lowest BCUT2D eigenvalue weighted by atomic mass is 10.1. The number of nitriles is 1. The molecule has 3 rings (SSSR count). The quantitative estimate of drug-likeness (QED) is 0.161. The summed E-state index contributed by atoms with van der Waals surface area (Å²) in [5.74, 6) is 0.217. The van der Waals surface area contributed by atoms with Crippen LogP contribution in [0.5, 0.6) is 11.5 Å². The first-order valence-electron chi connectivity index (χ1n) is 10.5. The van der Waals surface area contributed by atoms with Crippen molar-refractivity contribution in [1.29, 1.82) is 5.26 Å². The number of hydrogen-bond acceptors (Lipinski definition) is 6. The van der Waals surface area contributed by atoms with Gasteiger partial charge in [-0.1, -0.05) is 18.2 Å².